The molecule has 12 heteroatoms. The van der Waals surface area contributed by atoms with Gasteiger partial charge in [-0.2, -0.15) is 13.2 Å². The fourth-order valence-corrected chi connectivity index (χ4v) is 7.67. The first-order chi connectivity index (χ1) is 18.7. The normalized spacial score (nSPS) is 24.6. The quantitative estimate of drug-likeness (QED) is 0.455. The van der Waals surface area contributed by atoms with Crippen LogP contribution in [0.1, 0.15) is 65.9 Å². The van der Waals surface area contributed by atoms with Crippen LogP contribution in [0.4, 0.5) is 19.0 Å². The van der Waals surface area contributed by atoms with E-state index in [1.54, 1.807) is 18.7 Å². The molecule has 40 heavy (non-hydrogen) atoms. The van der Waals surface area contributed by atoms with Crippen LogP contribution in [-0.4, -0.2) is 82.4 Å². The Labute approximate surface area is 234 Å². The summed E-state index contributed by atoms with van der Waals surface area (Å²) in [5, 5.41) is 2.77. The molecule has 1 aromatic heterocycles. The number of carbonyl (C=O) groups is 1. The van der Waals surface area contributed by atoms with Gasteiger partial charge in [-0.15, -0.1) is 0 Å². The smallest absolute Gasteiger partial charge is 0.358 e. The molecule has 0 radical (unpaired) electrons. The van der Waals surface area contributed by atoms with E-state index >= 15 is 0 Å². The number of benzene rings is 1. The van der Waals surface area contributed by atoms with Crippen LogP contribution < -0.4 is 5.32 Å². The molecule has 1 aliphatic carbocycles. The van der Waals surface area contributed by atoms with E-state index in [4.69, 9.17) is 0 Å². The minimum absolute atomic E-state index is 0.0279. The van der Waals surface area contributed by atoms with Crippen molar-refractivity contribution < 1.29 is 26.4 Å². The summed E-state index contributed by atoms with van der Waals surface area (Å²) in [6, 6.07) is 2.96. The Morgan fingerprint density at radius 1 is 1.12 bits per heavy atom. The Balaban J connectivity index is 1.57. The summed E-state index contributed by atoms with van der Waals surface area (Å²) in [5.74, 6) is -0.171. The van der Waals surface area contributed by atoms with Gasteiger partial charge in [-0.05, 0) is 84.0 Å². The molecular formula is C28H40F3N5O3S. The number of rotatable bonds is 9. The molecule has 4 rings (SSSR count). The van der Waals surface area contributed by atoms with E-state index in [1.165, 1.54) is 12.4 Å². The SMILES string of the molecule is CCN(C(C)C)[C@@H]1CC[C@H](N2CC[C@H](Nc3ncnc4ccc(C(F)(F)F)cc34)C2=O)[C@@H](CS(=O)(=O)C(C)C)C1. The van der Waals surface area contributed by atoms with Gasteiger partial charge in [0, 0.05) is 30.1 Å². The molecule has 0 unspecified atom stereocenters. The summed E-state index contributed by atoms with van der Waals surface area (Å²) in [6.07, 6.45) is -0.545. The van der Waals surface area contributed by atoms with Crippen molar-refractivity contribution in [3.8, 4) is 0 Å². The number of carbonyl (C=O) groups excluding carboxylic acids is 1. The second-order valence-corrected chi connectivity index (χ2v) is 14.2. The molecule has 0 bridgehead atoms. The standard InChI is InChI=1S/C28H40F3N5O3S/c1-6-35(17(2)3)21-8-10-25(19(13-21)15-40(38,39)18(4)5)36-12-11-24(27(36)37)34-26-22-14-20(28(29,30)31)7-9-23(22)32-16-33-26/h7,9,14,16-19,21,24-25H,6,8,10-13,15H2,1-5H3,(H,32,33,34)/t19-,21-,24+,25+/m1/s1. The van der Waals surface area contributed by atoms with Gasteiger partial charge < -0.3 is 10.2 Å². The molecule has 1 saturated heterocycles. The molecule has 0 spiro atoms. The molecule has 1 aromatic carbocycles. The van der Waals surface area contributed by atoms with Crippen molar-refractivity contribution in [1.29, 1.82) is 0 Å². The fourth-order valence-electron chi connectivity index (χ4n) is 6.33. The van der Waals surface area contributed by atoms with Gasteiger partial charge in [0.25, 0.3) is 0 Å². The molecule has 222 valence electrons. The zero-order valence-electron chi connectivity index (χ0n) is 23.8. The minimum atomic E-state index is -4.52. The molecule has 4 atom stereocenters. The molecule has 2 heterocycles. The predicted molar refractivity (Wildman–Crippen MR) is 150 cm³/mol. The number of sulfone groups is 1. The van der Waals surface area contributed by atoms with Gasteiger partial charge in [0.1, 0.15) is 18.2 Å². The maximum absolute atomic E-state index is 13.7. The van der Waals surface area contributed by atoms with Crippen LogP contribution in [0.3, 0.4) is 0 Å². The third-order valence-electron chi connectivity index (χ3n) is 8.49. The van der Waals surface area contributed by atoms with E-state index in [0.29, 0.717) is 37.4 Å². The first-order valence-electron chi connectivity index (χ1n) is 14.1. The predicted octanol–water partition coefficient (Wildman–Crippen LogP) is 4.75. The van der Waals surface area contributed by atoms with Gasteiger partial charge in [-0.1, -0.05) is 6.92 Å². The molecule has 1 saturated carbocycles. The number of halogens is 3. The Hall–Kier alpha value is -2.47. The summed E-state index contributed by atoms with van der Waals surface area (Å²) in [6.45, 7) is 11.1. The van der Waals surface area contributed by atoms with Gasteiger partial charge in [0.05, 0.1) is 22.1 Å². The van der Waals surface area contributed by atoms with Crippen LogP contribution in [0.5, 0.6) is 0 Å². The van der Waals surface area contributed by atoms with Gasteiger partial charge in [-0.25, -0.2) is 18.4 Å². The Bertz CT molecular complexity index is 1320. The van der Waals surface area contributed by atoms with Crippen LogP contribution in [0.25, 0.3) is 10.9 Å². The van der Waals surface area contributed by atoms with Gasteiger partial charge >= 0.3 is 6.18 Å². The number of hydrogen-bond acceptors (Lipinski definition) is 7. The van der Waals surface area contributed by atoms with Crippen molar-refractivity contribution in [2.75, 3.05) is 24.2 Å². The molecule has 1 N–H and O–H groups in total. The lowest BCUT2D eigenvalue weighted by Gasteiger charge is -2.45. The van der Waals surface area contributed by atoms with Gasteiger partial charge in [-0.3, -0.25) is 9.69 Å². The molecule has 1 amide bonds. The van der Waals surface area contributed by atoms with E-state index in [2.05, 4.69) is 41.0 Å². The Morgan fingerprint density at radius 3 is 2.48 bits per heavy atom. The first kappa shape index (κ1) is 30.5. The van der Waals surface area contributed by atoms with Crippen LogP contribution >= 0.6 is 0 Å². The summed E-state index contributed by atoms with van der Waals surface area (Å²) in [7, 11) is -3.34. The molecule has 2 aliphatic rings. The van der Waals surface area contributed by atoms with Crippen LogP contribution in [0.2, 0.25) is 0 Å². The number of aromatic nitrogens is 2. The van der Waals surface area contributed by atoms with Crippen molar-refractivity contribution in [2.24, 2.45) is 5.92 Å². The average Bonchev–Trinajstić information content (AvgIpc) is 3.23. The second-order valence-electron chi connectivity index (χ2n) is 11.6. The molecule has 2 aromatic rings. The number of alkyl halides is 3. The van der Waals surface area contributed by atoms with Crippen LogP contribution in [-0.2, 0) is 20.8 Å². The van der Waals surface area contributed by atoms with Crippen LogP contribution in [0.15, 0.2) is 24.5 Å². The highest BCUT2D eigenvalue weighted by molar-refractivity contribution is 7.91. The molecular weight excluding hydrogens is 543 g/mol. The lowest BCUT2D eigenvalue weighted by atomic mass is 9.80. The van der Waals surface area contributed by atoms with E-state index in [-0.39, 0.29) is 40.9 Å². The van der Waals surface area contributed by atoms with E-state index in [1.807, 2.05) is 0 Å². The number of likely N-dealkylation sites (tertiary alicyclic amines) is 1. The Morgan fingerprint density at radius 2 is 1.85 bits per heavy atom. The monoisotopic (exact) mass is 583 g/mol. The van der Waals surface area contributed by atoms with E-state index in [0.717, 1.165) is 25.1 Å². The number of fused-ring (bicyclic) bond motifs is 1. The lowest BCUT2D eigenvalue weighted by molar-refractivity contribution is -0.137. The third-order valence-corrected chi connectivity index (χ3v) is 10.8. The maximum atomic E-state index is 13.7. The van der Waals surface area contributed by atoms with Crippen molar-refractivity contribution in [1.82, 2.24) is 19.8 Å². The third kappa shape index (κ3) is 6.37. The highest BCUT2D eigenvalue weighted by Crippen LogP contribution is 2.37. The molecule has 8 nitrogen and oxygen atoms in total. The van der Waals surface area contributed by atoms with Crippen molar-refractivity contribution >= 4 is 32.5 Å². The summed E-state index contributed by atoms with van der Waals surface area (Å²) >= 11 is 0. The number of nitrogens with zero attached hydrogens (tertiary/aromatic N) is 4. The van der Waals surface area contributed by atoms with Gasteiger partial charge in [0.2, 0.25) is 5.91 Å². The number of hydrogen-bond donors (Lipinski definition) is 1. The van der Waals surface area contributed by atoms with Crippen LogP contribution in [0, 0.1) is 5.92 Å². The Kier molecular flexibility index (Phi) is 8.99. The lowest BCUT2D eigenvalue weighted by Crippen LogP contribution is -2.53. The fraction of sp³-hybridized carbons (Fsp3) is 0.679. The summed E-state index contributed by atoms with van der Waals surface area (Å²) in [4.78, 5) is 26.1. The number of anilines is 1. The van der Waals surface area contributed by atoms with Gasteiger partial charge in [0.15, 0.2) is 9.84 Å². The van der Waals surface area contributed by atoms with Crippen molar-refractivity contribution in [3.63, 3.8) is 0 Å². The van der Waals surface area contributed by atoms with Crippen molar-refractivity contribution in [2.45, 2.75) is 95.9 Å². The summed E-state index contributed by atoms with van der Waals surface area (Å²) in [5.41, 5.74) is -0.471. The highest BCUT2D eigenvalue weighted by Gasteiger charge is 2.44. The van der Waals surface area contributed by atoms with E-state index in [9.17, 15) is 26.4 Å². The second kappa shape index (κ2) is 11.8. The van der Waals surface area contributed by atoms with E-state index < -0.39 is 32.9 Å². The minimum Gasteiger partial charge on any atom is -0.358 e. The largest absolute Gasteiger partial charge is 0.416 e. The average molecular weight is 584 g/mol. The maximum Gasteiger partial charge on any atom is 0.416 e. The highest BCUT2D eigenvalue weighted by atomic mass is 32.2. The number of amides is 1. The number of nitrogens with one attached hydrogen (secondary N) is 1. The molecule has 2 fully saturated rings. The topological polar surface area (TPSA) is 95.5 Å². The van der Waals surface area contributed by atoms with Crippen molar-refractivity contribution in [3.05, 3.63) is 30.1 Å². The summed E-state index contributed by atoms with van der Waals surface area (Å²) < 4.78 is 66.1. The zero-order chi connectivity index (χ0) is 29.4. The first-order valence-corrected chi connectivity index (χ1v) is 15.8. The molecule has 1 aliphatic heterocycles. The zero-order valence-corrected chi connectivity index (χ0v) is 24.6.